The minimum absolute atomic E-state index is 0.326. The second-order valence-electron chi connectivity index (χ2n) is 3.03. The molecule has 0 bridgehead atoms. The first kappa shape index (κ1) is 7.22. The van der Waals surface area contributed by atoms with Gasteiger partial charge in [0, 0.05) is 6.04 Å². The van der Waals surface area contributed by atoms with Crippen LogP contribution in [0, 0.1) is 0 Å². The maximum atomic E-state index is 9.22. The summed E-state index contributed by atoms with van der Waals surface area (Å²) in [5, 5.41) is 12.4. The van der Waals surface area contributed by atoms with Gasteiger partial charge in [0.1, 0.15) is 5.75 Å². The number of phenolic OH excluding ortho intramolecular Hbond substituents is 1. The van der Waals surface area contributed by atoms with E-state index >= 15 is 0 Å². The Morgan fingerprint density at radius 1 is 1.42 bits per heavy atom. The van der Waals surface area contributed by atoms with E-state index in [2.05, 4.69) is 12.2 Å². The number of nitrogens with one attached hydrogen (secondary N) is 1. The van der Waals surface area contributed by atoms with E-state index in [-0.39, 0.29) is 0 Å². The third kappa shape index (κ3) is 1.05. The molecule has 0 saturated heterocycles. The summed E-state index contributed by atoms with van der Waals surface area (Å²) >= 11 is 0. The van der Waals surface area contributed by atoms with Crippen molar-refractivity contribution in [3.63, 3.8) is 0 Å². The summed E-state index contributed by atoms with van der Waals surface area (Å²) in [6.07, 6.45) is 3.88. The van der Waals surface area contributed by atoms with Crippen molar-refractivity contribution < 1.29 is 5.11 Å². The lowest BCUT2D eigenvalue weighted by Gasteiger charge is -2.19. The molecule has 1 aromatic carbocycles. The van der Waals surface area contributed by atoms with Crippen LogP contribution < -0.4 is 5.32 Å². The summed E-state index contributed by atoms with van der Waals surface area (Å²) in [5.74, 6) is 0.326. The molecule has 0 amide bonds. The standard InChI is InChI=1S/C10H11NO/c1-7-10-3-2-9(12)6-8(10)4-5-11-7/h2-7,11-12H,1H3. The second-order valence-corrected chi connectivity index (χ2v) is 3.03. The van der Waals surface area contributed by atoms with E-state index in [0.29, 0.717) is 11.8 Å². The highest BCUT2D eigenvalue weighted by Crippen LogP contribution is 2.25. The molecule has 2 rings (SSSR count). The van der Waals surface area contributed by atoms with Crippen molar-refractivity contribution in [2.45, 2.75) is 13.0 Å². The lowest BCUT2D eigenvalue weighted by Crippen LogP contribution is -2.15. The van der Waals surface area contributed by atoms with Crippen molar-refractivity contribution in [2.75, 3.05) is 0 Å². The highest BCUT2D eigenvalue weighted by Gasteiger charge is 2.10. The Hall–Kier alpha value is -1.44. The molecule has 1 atom stereocenters. The van der Waals surface area contributed by atoms with Crippen LogP contribution in [0.4, 0.5) is 0 Å². The molecule has 1 aliphatic heterocycles. The first-order chi connectivity index (χ1) is 5.77. The van der Waals surface area contributed by atoms with Gasteiger partial charge < -0.3 is 10.4 Å². The predicted molar refractivity (Wildman–Crippen MR) is 48.7 cm³/mol. The maximum absolute atomic E-state index is 9.22. The number of phenols is 1. The number of fused-ring (bicyclic) bond motifs is 1. The molecule has 0 spiro atoms. The van der Waals surface area contributed by atoms with Gasteiger partial charge in [-0.3, -0.25) is 0 Å². The van der Waals surface area contributed by atoms with Crippen molar-refractivity contribution in [1.82, 2.24) is 5.32 Å². The van der Waals surface area contributed by atoms with Crippen molar-refractivity contribution in [3.05, 3.63) is 35.5 Å². The van der Waals surface area contributed by atoms with Gasteiger partial charge in [-0.2, -0.15) is 0 Å². The first-order valence-electron chi connectivity index (χ1n) is 4.03. The molecule has 0 radical (unpaired) electrons. The lowest BCUT2D eigenvalue weighted by atomic mass is 9.99. The summed E-state index contributed by atoms with van der Waals surface area (Å²) in [6.45, 7) is 2.10. The van der Waals surface area contributed by atoms with Gasteiger partial charge in [0.15, 0.2) is 0 Å². The van der Waals surface area contributed by atoms with E-state index in [4.69, 9.17) is 0 Å². The number of rotatable bonds is 0. The van der Waals surface area contributed by atoms with Gasteiger partial charge >= 0.3 is 0 Å². The topological polar surface area (TPSA) is 32.3 Å². The van der Waals surface area contributed by atoms with Gasteiger partial charge in [0.2, 0.25) is 0 Å². The molecule has 1 aliphatic rings. The molecule has 2 nitrogen and oxygen atoms in total. The molecule has 2 heteroatoms. The van der Waals surface area contributed by atoms with Crippen LogP contribution >= 0.6 is 0 Å². The summed E-state index contributed by atoms with van der Waals surface area (Å²) in [7, 11) is 0. The summed E-state index contributed by atoms with van der Waals surface area (Å²) in [5.41, 5.74) is 2.33. The average Bonchev–Trinajstić information content (AvgIpc) is 2.04. The normalized spacial score (nSPS) is 19.9. The minimum Gasteiger partial charge on any atom is -0.508 e. The van der Waals surface area contributed by atoms with E-state index in [0.717, 1.165) is 5.56 Å². The van der Waals surface area contributed by atoms with Crippen LogP contribution in [-0.2, 0) is 0 Å². The molecule has 0 aromatic heterocycles. The summed E-state index contributed by atoms with van der Waals surface area (Å²) in [6, 6.07) is 5.79. The molecule has 2 N–H and O–H groups in total. The van der Waals surface area contributed by atoms with Crippen LogP contribution in [0.2, 0.25) is 0 Å². The highest BCUT2D eigenvalue weighted by atomic mass is 16.3. The number of benzene rings is 1. The van der Waals surface area contributed by atoms with E-state index in [1.165, 1.54) is 5.56 Å². The Morgan fingerprint density at radius 3 is 3.08 bits per heavy atom. The smallest absolute Gasteiger partial charge is 0.116 e. The van der Waals surface area contributed by atoms with Gasteiger partial charge in [0.05, 0.1) is 0 Å². The molecule has 1 heterocycles. The third-order valence-electron chi connectivity index (χ3n) is 2.15. The maximum Gasteiger partial charge on any atom is 0.116 e. The average molecular weight is 161 g/mol. The summed E-state index contributed by atoms with van der Waals surface area (Å²) < 4.78 is 0. The molecule has 1 unspecified atom stereocenters. The van der Waals surface area contributed by atoms with Gasteiger partial charge in [-0.05, 0) is 42.5 Å². The van der Waals surface area contributed by atoms with Crippen molar-refractivity contribution >= 4 is 6.08 Å². The van der Waals surface area contributed by atoms with Gasteiger partial charge in [-0.25, -0.2) is 0 Å². The van der Waals surface area contributed by atoms with Crippen LogP contribution in [0.5, 0.6) is 5.75 Å². The van der Waals surface area contributed by atoms with Crippen LogP contribution in [-0.4, -0.2) is 5.11 Å². The fourth-order valence-electron chi connectivity index (χ4n) is 1.47. The minimum atomic E-state index is 0.326. The van der Waals surface area contributed by atoms with E-state index < -0.39 is 0 Å². The fourth-order valence-corrected chi connectivity index (χ4v) is 1.47. The van der Waals surface area contributed by atoms with E-state index in [1.807, 2.05) is 18.3 Å². The van der Waals surface area contributed by atoms with Gasteiger partial charge in [-0.1, -0.05) is 6.07 Å². The highest BCUT2D eigenvalue weighted by molar-refractivity contribution is 5.58. The van der Waals surface area contributed by atoms with Crippen molar-refractivity contribution in [1.29, 1.82) is 0 Å². The van der Waals surface area contributed by atoms with E-state index in [9.17, 15) is 5.11 Å². The van der Waals surface area contributed by atoms with Crippen LogP contribution in [0.3, 0.4) is 0 Å². The third-order valence-corrected chi connectivity index (χ3v) is 2.15. The quantitative estimate of drug-likeness (QED) is 0.610. The molecule has 0 aliphatic carbocycles. The second kappa shape index (κ2) is 2.55. The number of hydrogen-bond acceptors (Lipinski definition) is 2. The molecule has 1 aromatic rings. The Morgan fingerprint density at radius 2 is 2.25 bits per heavy atom. The monoisotopic (exact) mass is 161 g/mol. The molecular weight excluding hydrogens is 150 g/mol. The van der Waals surface area contributed by atoms with Crippen LogP contribution in [0.25, 0.3) is 6.08 Å². The van der Waals surface area contributed by atoms with Crippen molar-refractivity contribution in [2.24, 2.45) is 0 Å². The molecule has 0 fully saturated rings. The zero-order valence-electron chi connectivity index (χ0n) is 6.91. The SMILES string of the molecule is CC1NC=Cc2cc(O)ccc21. The van der Waals surface area contributed by atoms with E-state index in [1.54, 1.807) is 12.1 Å². The number of hydrogen-bond donors (Lipinski definition) is 2. The largest absolute Gasteiger partial charge is 0.508 e. The first-order valence-corrected chi connectivity index (χ1v) is 4.03. The molecule has 0 saturated carbocycles. The lowest BCUT2D eigenvalue weighted by molar-refractivity contribution is 0.474. The Bertz CT molecular complexity index is 331. The zero-order valence-corrected chi connectivity index (χ0v) is 6.91. The zero-order chi connectivity index (χ0) is 8.55. The number of aromatic hydroxyl groups is 1. The van der Waals surface area contributed by atoms with Gasteiger partial charge in [-0.15, -0.1) is 0 Å². The molecular formula is C10H11NO. The Balaban J connectivity index is 2.55. The predicted octanol–water partition coefficient (Wildman–Crippen LogP) is 2.03. The van der Waals surface area contributed by atoms with Gasteiger partial charge in [0.25, 0.3) is 0 Å². The van der Waals surface area contributed by atoms with Crippen LogP contribution in [0.1, 0.15) is 24.1 Å². The molecule has 12 heavy (non-hydrogen) atoms. The molecule has 62 valence electrons. The Kier molecular flexibility index (Phi) is 1.54. The summed E-state index contributed by atoms with van der Waals surface area (Å²) in [4.78, 5) is 0. The Labute approximate surface area is 71.5 Å². The van der Waals surface area contributed by atoms with Crippen molar-refractivity contribution in [3.8, 4) is 5.75 Å². The fraction of sp³-hybridized carbons (Fsp3) is 0.200. The van der Waals surface area contributed by atoms with Crippen LogP contribution in [0.15, 0.2) is 24.4 Å².